The molecule has 0 aliphatic rings. The van der Waals surface area contributed by atoms with Gasteiger partial charge in [-0.1, -0.05) is 13.8 Å². The van der Waals surface area contributed by atoms with Crippen LogP contribution in [0.5, 0.6) is 0 Å². The molecule has 5 nitrogen and oxygen atoms in total. The van der Waals surface area contributed by atoms with Crippen LogP contribution >= 0.6 is 0 Å². The van der Waals surface area contributed by atoms with Crippen LogP contribution in [-0.4, -0.2) is 43.4 Å². The number of anilines is 1. The number of carbonyl (C=O) groups is 2. The fourth-order valence-corrected chi connectivity index (χ4v) is 1.84. The zero-order valence-corrected chi connectivity index (χ0v) is 13.4. The lowest BCUT2D eigenvalue weighted by atomic mass is 10.1. The van der Waals surface area contributed by atoms with E-state index in [9.17, 15) is 14.0 Å². The van der Waals surface area contributed by atoms with Gasteiger partial charge in [0.05, 0.1) is 13.1 Å². The van der Waals surface area contributed by atoms with Gasteiger partial charge in [-0.2, -0.15) is 0 Å². The molecule has 6 heteroatoms. The van der Waals surface area contributed by atoms with Crippen molar-refractivity contribution in [3.05, 3.63) is 30.1 Å². The predicted octanol–water partition coefficient (Wildman–Crippen LogP) is 1.86. The fourth-order valence-electron chi connectivity index (χ4n) is 1.84. The molecule has 1 aromatic rings. The van der Waals surface area contributed by atoms with Crippen LogP contribution in [0.1, 0.15) is 20.3 Å². The summed E-state index contributed by atoms with van der Waals surface area (Å²) < 4.78 is 12.8. The predicted molar refractivity (Wildman–Crippen MR) is 85.0 cm³/mol. The van der Waals surface area contributed by atoms with Crippen molar-refractivity contribution in [1.29, 1.82) is 0 Å². The highest BCUT2D eigenvalue weighted by Gasteiger charge is 2.11. The molecular formula is C16H24FN3O2. The molecule has 1 rings (SSSR count). The molecule has 0 heterocycles. The maximum absolute atomic E-state index is 12.8. The summed E-state index contributed by atoms with van der Waals surface area (Å²) in [5, 5.41) is 5.47. The van der Waals surface area contributed by atoms with Gasteiger partial charge < -0.3 is 10.6 Å². The number of rotatable bonds is 8. The zero-order valence-electron chi connectivity index (χ0n) is 13.4. The van der Waals surface area contributed by atoms with Gasteiger partial charge >= 0.3 is 0 Å². The number of likely N-dealkylation sites (N-methyl/N-ethyl adjacent to an activating group) is 1. The Morgan fingerprint density at radius 3 is 2.32 bits per heavy atom. The van der Waals surface area contributed by atoms with Crippen molar-refractivity contribution >= 4 is 17.5 Å². The molecule has 0 saturated heterocycles. The quantitative estimate of drug-likeness (QED) is 0.770. The maximum Gasteiger partial charge on any atom is 0.238 e. The summed E-state index contributed by atoms with van der Waals surface area (Å²) in [6, 6.07) is 5.54. The highest BCUT2D eigenvalue weighted by atomic mass is 19.1. The van der Waals surface area contributed by atoms with Gasteiger partial charge in [-0.3, -0.25) is 14.5 Å². The Hall–Kier alpha value is -1.95. The molecule has 1 aromatic carbocycles. The number of nitrogens with one attached hydrogen (secondary N) is 2. The standard InChI is InChI=1S/C16H24FN3O2/c1-12(2)8-9-18-15(21)10-20(3)11-16(22)19-14-6-4-13(17)5-7-14/h4-7,12H,8-11H2,1-3H3,(H,18,21)(H,19,22). The van der Waals surface area contributed by atoms with Gasteiger partial charge in [0.25, 0.3) is 0 Å². The van der Waals surface area contributed by atoms with Crippen LogP contribution in [0.25, 0.3) is 0 Å². The van der Waals surface area contributed by atoms with Crippen LogP contribution in [-0.2, 0) is 9.59 Å². The first-order chi connectivity index (χ1) is 10.4. The Morgan fingerprint density at radius 1 is 1.14 bits per heavy atom. The number of benzene rings is 1. The third-order valence-corrected chi connectivity index (χ3v) is 3.00. The van der Waals surface area contributed by atoms with E-state index >= 15 is 0 Å². The zero-order chi connectivity index (χ0) is 16.5. The lowest BCUT2D eigenvalue weighted by molar-refractivity contribution is -0.122. The molecule has 0 atom stereocenters. The Bertz CT molecular complexity index is 489. The van der Waals surface area contributed by atoms with Crippen LogP contribution in [0.4, 0.5) is 10.1 Å². The minimum absolute atomic E-state index is 0.0922. The minimum atomic E-state index is -0.354. The molecular weight excluding hydrogens is 285 g/mol. The summed E-state index contributed by atoms with van der Waals surface area (Å²) >= 11 is 0. The topological polar surface area (TPSA) is 61.4 Å². The number of hydrogen-bond acceptors (Lipinski definition) is 3. The van der Waals surface area contributed by atoms with Crippen LogP contribution in [0.2, 0.25) is 0 Å². The van der Waals surface area contributed by atoms with Crippen molar-refractivity contribution in [1.82, 2.24) is 10.2 Å². The van der Waals surface area contributed by atoms with E-state index in [-0.39, 0.29) is 30.7 Å². The number of nitrogens with zero attached hydrogens (tertiary/aromatic N) is 1. The molecule has 0 spiro atoms. The van der Waals surface area contributed by atoms with Gasteiger partial charge in [0.1, 0.15) is 5.82 Å². The Balaban J connectivity index is 2.28. The van der Waals surface area contributed by atoms with E-state index in [1.54, 1.807) is 11.9 Å². The molecule has 0 bridgehead atoms. The molecule has 2 amide bonds. The van der Waals surface area contributed by atoms with E-state index in [2.05, 4.69) is 24.5 Å². The first kappa shape index (κ1) is 18.1. The molecule has 0 unspecified atom stereocenters. The van der Waals surface area contributed by atoms with Gasteiger partial charge in [0.15, 0.2) is 0 Å². The van der Waals surface area contributed by atoms with Crippen molar-refractivity contribution in [2.75, 3.05) is 32.0 Å². The third kappa shape index (κ3) is 7.73. The van der Waals surface area contributed by atoms with Gasteiger partial charge in [-0.05, 0) is 43.7 Å². The van der Waals surface area contributed by atoms with Crippen molar-refractivity contribution in [2.24, 2.45) is 5.92 Å². The number of carbonyl (C=O) groups excluding carboxylic acids is 2. The second kappa shape index (κ2) is 9.15. The highest BCUT2D eigenvalue weighted by molar-refractivity contribution is 5.92. The molecule has 0 radical (unpaired) electrons. The fraction of sp³-hybridized carbons (Fsp3) is 0.500. The van der Waals surface area contributed by atoms with Gasteiger partial charge in [-0.15, -0.1) is 0 Å². The molecule has 22 heavy (non-hydrogen) atoms. The van der Waals surface area contributed by atoms with Crippen molar-refractivity contribution in [3.63, 3.8) is 0 Å². The van der Waals surface area contributed by atoms with Gasteiger partial charge in [0, 0.05) is 12.2 Å². The van der Waals surface area contributed by atoms with E-state index < -0.39 is 0 Å². The molecule has 122 valence electrons. The normalized spacial score (nSPS) is 10.8. The SMILES string of the molecule is CC(C)CCNC(=O)CN(C)CC(=O)Nc1ccc(F)cc1. The van der Waals surface area contributed by atoms with Crippen LogP contribution in [0.3, 0.4) is 0 Å². The molecule has 0 aromatic heterocycles. The van der Waals surface area contributed by atoms with Crippen molar-refractivity contribution in [2.45, 2.75) is 20.3 Å². The molecule has 2 N–H and O–H groups in total. The average Bonchev–Trinajstić information content (AvgIpc) is 2.40. The van der Waals surface area contributed by atoms with Gasteiger partial charge in [-0.25, -0.2) is 4.39 Å². The van der Waals surface area contributed by atoms with Crippen LogP contribution in [0.15, 0.2) is 24.3 Å². The largest absolute Gasteiger partial charge is 0.355 e. The Labute approximate surface area is 130 Å². The second-order valence-corrected chi connectivity index (χ2v) is 5.76. The number of halogens is 1. The van der Waals surface area contributed by atoms with Crippen molar-refractivity contribution in [3.8, 4) is 0 Å². The smallest absolute Gasteiger partial charge is 0.238 e. The molecule has 0 saturated carbocycles. The maximum atomic E-state index is 12.8. The first-order valence-corrected chi connectivity index (χ1v) is 7.37. The minimum Gasteiger partial charge on any atom is -0.355 e. The monoisotopic (exact) mass is 309 g/mol. The highest BCUT2D eigenvalue weighted by Crippen LogP contribution is 2.07. The van der Waals surface area contributed by atoms with E-state index in [0.29, 0.717) is 18.2 Å². The molecule has 0 aliphatic carbocycles. The Kier molecular flexibility index (Phi) is 7.52. The third-order valence-electron chi connectivity index (χ3n) is 3.00. The van der Waals surface area contributed by atoms with E-state index in [1.165, 1.54) is 24.3 Å². The number of amides is 2. The molecule has 0 aliphatic heterocycles. The van der Waals surface area contributed by atoms with Crippen molar-refractivity contribution < 1.29 is 14.0 Å². The first-order valence-electron chi connectivity index (χ1n) is 7.37. The lowest BCUT2D eigenvalue weighted by Crippen LogP contribution is -2.39. The summed E-state index contributed by atoms with van der Waals surface area (Å²) in [7, 11) is 1.70. The van der Waals surface area contributed by atoms with E-state index in [0.717, 1.165) is 6.42 Å². The summed E-state index contributed by atoms with van der Waals surface area (Å²) in [6.45, 7) is 5.09. The average molecular weight is 309 g/mol. The van der Waals surface area contributed by atoms with E-state index in [1.807, 2.05) is 0 Å². The lowest BCUT2D eigenvalue weighted by Gasteiger charge is -2.16. The van der Waals surface area contributed by atoms with Crippen LogP contribution in [0, 0.1) is 11.7 Å². The van der Waals surface area contributed by atoms with Crippen LogP contribution < -0.4 is 10.6 Å². The summed E-state index contributed by atoms with van der Waals surface area (Å²) in [4.78, 5) is 25.1. The summed E-state index contributed by atoms with van der Waals surface area (Å²) in [5.74, 6) is -0.158. The van der Waals surface area contributed by atoms with Gasteiger partial charge in [0.2, 0.25) is 11.8 Å². The molecule has 0 fully saturated rings. The number of hydrogen-bond donors (Lipinski definition) is 2. The summed E-state index contributed by atoms with van der Waals surface area (Å²) in [6.07, 6.45) is 0.931. The summed E-state index contributed by atoms with van der Waals surface area (Å²) in [5.41, 5.74) is 0.529. The van der Waals surface area contributed by atoms with E-state index in [4.69, 9.17) is 0 Å². The second-order valence-electron chi connectivity index (χ2n) is 5.76. The Morgan fingerprint density at radius 2 is 1.73 bits per heavy atom.